The lowest BCUT2D eigenvalue weighted by Crippen LogP contribution is -2.17. The summed E-state index contributed by atoms with van der Waals surface area (Å²) in [4.78, 5) is 0. The van der Waals surface area contributed by atoms with Gasteiger partial charge in [0.05, 0.1) is 0 Å². The van der Waals surface area contributed by atoms with Crippen LogP contribution in [0.2, 0.25) is 0 Å². The Labute approximate surface area is 24.4 Å². The van der Waals surface area contributed by atoms with Crippen LogP contribution in [-0.4, -0.2) is 7.55 Å². The molecule has 0 spiro atoms. The SMILES string of the molecule is N[B]NF. The smallest absolute Gasteiger partial charge is 0.340 e. The fraction of sp³-hybridized carbons (Fsp3) is 0. The first-order chi connectivity index (χ1) is 1.91. The molecule has 0 aliphatic rings. The third-order valence-corrected chi connectivity index (χ3v) is 0.0630. The van der Waals surface area contributed by atoms with Gasteiger partial charge in [-0.3, -0.25) is 0 Å². The molecule has 0 unspecified atom stereocenters. The molecule has 0 aromatic carbocycles. The van der Waals surface area contributed by atoms with E-state index in [4.69, 9.17) is 0 Å². The highest BCUT2D eigenvalue weighted by Crippen LogP contribution is 1.28. The summed E-state index contributed by atoms with van der Waals surface area (Å²) in [6.07, 6.45) is 0. The Morgan fingerprint density at radius 1 is 2.00 bits per heavy atom. The van der Waals surface area contributed by atoms with E-state index >= 15 is 0 Å². The molecule has 0 amide bonds. The average Bonchev–Trinajstić information content (AvgIpc) is 1.37. The molecule has 0 aliphatic heterocycles. The molecule has 0 rings (SSSR count). The van der Waals surface area contributed by atoms with Crippen molar-refractivity contribution in [2.75, 3.05) is 0 Å². The first kappa shape index (κ1) is 3.91. The number of rotatable bonds is 1. The molecule has 0 saturated carbocycles. The lowest BCUT2D eigenvalue weighted by Gasteiger charge is -1.66. The summed E-state index contributed by atoms with van der Waals surface area (Å²) in [7, 11) is 0.708. The largest absolute Gasteiger partial charge is 0.358 e. The van der Waals surface area contributed by atoms with Crippen molar-refractivity contribution in [1.82, 2.24) is 5.45 Å². The molecule has 2 nitrogen and oxygen atoms in total. The van der Waals surface area contributed by atoms with Crippen LogP contribution in [0.4, 0.5) is 4.48 Å². The summed E-state index contributed by atoms with van der Waals surface area (Å²) in [5, 5.41) is 0. The molecule has 0 aromatic rings. The number of nitrogens with two attached hydrogens (primary N) is 1. The van der Waals surface area contributed by atoms with E-state index in [0.717, 1.165) is 5.45 Å². The van der Waals surface area contributed by atoms with Crippen molar-refractivity contribution in [3.05, 3.63) is 0 Å². The fourth-order valence-corrected chi connectivity index (χ4v) is 0. The van der Waals surface area contributed by atoms with E-state index in [9.17, 15) is 4.48 Å². The average molecular weight is 60.8 g/mol. The molecule has 3 N–H and O–H groups in total. The van der Waals surface area contributed by atoms with E-state index in [2.05, 4.69) is 5.64 Å². The van der Waals surface area contributed by atoms with Gasteiger partial charge in [-0.05, 0) is 0 Å². The summed E-state index contributed by atoms with van der Waals surface area (Å²) in [6, 6.07) is 0. The zero-order chi connectivity index (χ0) is 3.41. The normalized spacial score (nSPS) is 6.50. The molecule has 0 bridgehead atoms. The monoisotopic (exact) mass is 61.0 g/mol. The first-order valence-corrected chi connectivity index (χ1v) is 0.811. The van der Waals surface area contributed by atoms with Crippen LogP contribution in [0.15, 0.2) is 0 Å². The molecular weight excluding hydrogens is 57.8 g/mol. The number of halogens is 1. The van der Waals surface area contributed by atoms with Crippen LogP contribution in [0.3, 0.4) is 0 Å². The van der Waals surface area contributed by atoms with Crippen molar-refractivity contribution in [2.24, 2.45) is 5.64 Å². The molecule has 4 heavy (non-hydrogen) atoms. The minimum absolute atomic E-state index is 0.708. The van der Waals surface area contributed by atoms with Gasteiger partial charge in [-0.2, -0.15) is 5.45 Å². The van der Waals surface area contributed by atoms with Gasteiger partial charge >= 0.3 is 7.55 Å². The molecule has 1 radical (unpaired) electrons. The minimum Gasteiger partial charge on any atom is -0.358 e. The van der Waals surface area contributed by atoms with Crippen molar-refractivity contribution in [3.63, 3.8) is 0 Å². The standard InChI is InChI=1S/BFH3N2/c2-4-1-3/h4H,3H2. The van der Waals surface area contributed by atoms with Crippen LogP contribution in [0, 0.1) is 0 Å². The second kappa shape index (κ2) is 2.91. The Kier molecular flexibility index (Phi) is 2.85. The summed E-state index contributed by atoms with van der Waals surface area (Å²) in [5.74, 6) is 0. The Hall–Kier alpha value is -0.0851. The molecule has 0 fully saturated rings. The van der Waals surface area contributed by atoms with Gasteiger partial charge in [0.1, 0.15) is 0 Å². The van der Waals surface area contributed by atoms with E-state index in [1.54, 1.807) is 0 Å². The lowest BCUT2D eigenvalue weighted by molar-refractivity contribution is 0.448. The molecule has 0 atom stereocenters. The third-order valence-electron chi connectivity index (χ3n) is 0.0630. The molecule has 0 saturated heterocycles. The van der Waals surface area contributed by atoms with Gasteiger partial charge in [0.25, 0.3) is 0 Å². The Bertz CT molecular complexity index is 8.00. The highest BCUT2D eigenvalue weighted by molar-refractivity contribution is 6.26. The Balaban J connectivity index is 1.97. The van der Waals surface area contributed by atoms with Crippen LogP contribution in [-0.2, 0) is 0 Å². The van der Waals surface area contributed by atoms with E-state index in [-0.39, 0.29) is 0 Å². The summed E-state index contributed by atoms with van der Waals surface area (Å²) < 4.78 is 10.3. The van der Waals surface area contributed by atoms with Crippen molar-refractivity contribution >= 4 is 7.55 Å². The van der Waals surface area contributed by atoms with Crippen molar-refractivity contribution < 1.29 is 4.48 Å². The van der Waals surface area contributed by atoms with Crippen molar-refractivity contribution in [2.45, 2.75) is 0 Å². The van der Waals surface area contributed by atoms with Gasteiger partial charge in [0.2, 0.25) is 0 Å². The van der Waals surface area contributed by atoms with E-state index in [1.165, 1.54) is 0 Å². The van der Waals surface area contributed by atoms with E-state index < -0.39 is 0 Å². The zero-order valence-corrected chi connectivity index (χ0v) is 2.03. The molecule has 0 aliphatic carbocycles. The van der Waals surface area contributed by atoms with Gasteiger partial charge in [-0.25, -0.2) is 0 Å². The van der Waals surface area contributed by atoms with Gasteiger partial charge in [0.15, 0.2) is 0 Å². The number of hydrogen-bond donors (Lipinski definition) is 2. The maximum absolute atomic E-state index is 10.3. The molecule has 0 aromatic heterocycles. The highest BCUT2D eigenvalue weighted by Gasteiger charge is 1.64. The van der Waals surface area contributed by atoms with Crippen LogP contribution < -0.4 is 11.1 Å². The summed E-state index contributed by atoms with van der Waals surface area (Å²) in [5.41, 5.74) is 5.50. The van der Waals surface area contributed by atoms with Crippen molar-refractivity contribution in [3.8, 4) is 0 Å². The number of hydrogen-bond acceptors (Lipinski definition) is 2. The molecule has 23 valence electrons. The predicted molar refractivity (Wildman–Crippen MR) is 14.2 cm³/mol. The number of nitrogens with one attached hydrogen (secondary N) is 1. The Morgan fingerprint density at radius 2 is 2.25 bits per heavy atom. The van der Waals surface area contributed by atoms with Crippen LogP contribution >= 0.6 is 0 Å². The Morgan fingerprint density at radius 3 is 2.25 bits per heavy atom. The first-order valence-electron chi connectivity index (χ1n) is 0.811. The van der Waals surface area contributed by atoms with E-state index in [1.807, 2.05) is 0 Å². The second-order valence-electron chi connectivity index (χ2n) is 0.276. The maximum Gasteiger partial charge on any atom is 0.340 e. The predicted octanol–water partition coefficient (Wildman–Crippen LogP) is -1.05. The highest BCUT2D eigenvalue weighted by atomic mass is 19.2. The second-order valence-corrected chi connectivity index (χ2v) is 0.276. The molecular formula is H3BFN2. The third kappa shape index (κ3) is 1.91. The minimum atomic E-state index is 0.708. The summed E-state index contributed by atoms with van der Waals surface area (Å²) >= 11 is 0. The zero-order valence-electron chi connectivity index (χ0n) is 2.03. The maximum atomic E-state index is 10.3. The van der Waals surface area contributed by atoms with Gasteiger partial charge < -0.3 is 5.64 Å². The lowest BCUT2D eigenvalue weighted by atomic mass is 10.3. The quantitative estimate of drug-likeness (QED) is 0.300. The van der Waals surface area contributed by atoms with Crippen molar-refractivity contribution in [1.29, 1.82) is 0 Å². The van der Waals surface area contributed by atoms with Gasteiger partial charge in [-0.15, -0.1) is 4.48 Å². The topological polar surface area (TPSA) is 38.0 Å². The fourth-order valence-electron chi connectivity index (χ4n) is 0. The van der Waals surface area contributed by atoms with E-state index in [0.29, 0.717) is 7.55 Å². The molecule has 4 heteroatoms. The van der Waals surface area contributed by atoms with Gasteiger partial charge in [-0.1, -0.05) is 0 Å². The van der Waals surface area contributed by atoms with Crippen LogP contribution in [0.1, 0.15) is 0 Å². The van der Waals surface area contributed by atoms with Crippen LogP contribution in [0.5, 0.6) is 0 Å². The van der Waals surface area contributed by atoms with Gasteiger partial charge in [0, 0.05) is 0 Å². The summed E-state index contributed by atoms with van der Waals surface area (Å²) in [6.45, 7) is 0. The molecule has 0 heterocycles. The van der Waals surface area contributed by atoms with Crippen LogP contribution in [0.25, 0.3) is 0 Å².